The Morgan fingerprint density at radius 3 is 2.80 bits per heavy atom. The fraction of sp³-hybridized carbons (Fsp3) is 0. The molecule has 0 radical (unpaired) electrons. The maximum atomic E-state index is 10.9. The van der Waals surface area contributed by atoms with Crippen LogP contribution in [0.1, 0.15) is 5.56 Å². The number of amidine groups is 1. The van der Waals surface area contributed by atoms with Gasteiger partial charge in [-0.2, -0.15) is 0 Å². The molecule has 0 aliphatic carbocycles. The van der Waals surface area contributed by atoms with Crippen molar-refractivity contribution in [2.45, 2.75) is 0 Å². The molecule has 2 aromatic rings. The van der Waals surface area contributed by atoms with Crippen molar-refractivity contribution >= 4 is 11.5 Å². The van der Waals surface area contributed by atoms with Gasteiger partial charge in [-0.15, -0.1) is 0 Å². The molecule has 20 heavy (non-hydrogen) atoms. The molecule has 0 bridgehead atoms. The zero-order chi connectivity index (χ0) is 14.5. The number of nitrogens with two attached hydrogens (primary N) is 1. The number of para-hydroxylation sites is 2. The molecule has 0 saturated heterocycles. The second-order valence-electron chi connectivity index (χ2n) is 3.68. The van der Waals surface area contributed by atoms with E-state index in [1.807, 2.05) is 0 Å². The number of pyridine rings is 1. The van der Waals surface area contributed by atoms with Crippen LogP contribution in [0.4, 0.5) is 5.69 Å². The van der Waals surface area contributed by atoms with Gasteiger partial charge in [0.05, 0.1) is 16.7 Å². The van der Waals surface area contributed by atoms with Gasteiger partial charge in [0, 0.05) is 12.3 Å². The first-order chi connectivity index (χ1) is 9.63. The molecule has 0 aliphatic heterocycles. The minimum Gasteiger partial charge on any atom is -0.448 e. The number of rotatable bonds is 4. The summed E-state index contributed by atoms with van der Waals surface area (Å²) in [5.41, 5.74) is 5.59. The molecule has 1 aromatic carbocycles. The van der Waals surface area contributed by atoms with Crippen molar-refractivity contribution in [1.29, 1.82) is 0 Å². The lowest BCUT2D eigenvalue weighted by Gasteiger charge is -2.09. The summed E-state index contributed by atoms with van der Waals surface area (Å²) in [7, 11) is 0. The van der Waals surface area contributed by atoms with Gasteiger partial charge in [0.1, 0.15) is 0 Å². The first-order valence-electron chi connectivity index (χ1n) is 5.46. The molecular formula is C12H10N4O4. The minimum atomic E-state index is -0.561. The summed E-state index contributed by atoms with van der Waals surface area (Å²) in [6, 6.07) is 7.36. The van der Waals surface area contributed by atoms with E-state index in [0.717, 1.165) is 0 Å². The van der Waals surface area contributed by atoms with Gasteiger partial charge in [-0.05, 0) is 12.1 Å². The second-order valence-corrected chi connectivity index (χ2v) is 3.68. The van der Waals surface area contributed by atoms with Gasteiger partial charge in [-0.1, -0.05) is 17.3 Å². The van der Waals surface area contributed by atoms with Gasteiger partial charge in [0.15, 0.2) is 11.6 Å². The third kappa shape index (κ3) is 2.64. The molecule has 2 rings (SSSR count). The Morgan fingerprint density at radius 2 is 2.10 bits per heavy atom. The maximum absolute atomic E-state index is 10.9. The molecule has 8 nitrogen and oxygen atoms in total. The predicted octanol–water partition coefficient (Wildman–Crippen LogP) is 1.88. The van der Waals surface area contributed by atoms with Crippen LogP contribution in [0.5, 0.6) is 11.5 Å². The van der Waals surface area contributed by atoms with Crippen LogP contribution in [0.25, 0.3) is 0 Å². The summed E-state index contributed by atoms with van der Waals surface area (Å²) in [6.07, 6.45) is 2.75. The topological polar surface area (TPSA) is 124 Å². The van der Waals surface area contributed by atoms with Crippen LogP contribution < -0.4 is 10.5 Å². The van der Waals surface area contributed by atoms with Gasteiger partial charge in [-0.25, -0.2) is 0 Å². The highest BCUT2D eigenvalue weighted by Crippen LogP contribution is 2.31. The molecule has 3 N–H and O–H groups in total. The molecule has 0 saturated carbocycles. The van der Waals surface area contributed by atoms with Crippen molar-refractivity contribution in [2.24, 2.45) is 10.9 Å². The molecule has 0 unspecified atom stereocenters. The van der Waals surface area contributed by atoms with E-state index in [1.54, 1.807) is 6.07 Å². The summed E-state index contributed by atoms with van der Waals surface area (Å²) in [6.45, 7) is 0. The Hall–Kier alpha value is -3.16. The highest BCUT2D eigenvalue weighted by molar-refractivity contribution is 5.99. The molecule has 8 heteroatoms. The standard InChI is InChI=1S/C12H10N4O4/c13-12(15-17)8-5-6-14-7-11(8)20-10-4-2-1-3-9(10)16(18)19/h1-7,17H,(H2,13,15). The van der Waals surface area contributed by atoms with Crippen LogP contribution in [0, 0.1) is 10.1 Å². The third-order valence-corrected chi connectivity index (χ3v) is 2.45. The molecule has 0 amide bonds. The second kappa shape index (κ2) is 5.65. The van der Waals surface area contributed by atoms with Crippen molar-refractivity contribution in [2.75, 3.05) is 0 Å². The van der Waals surface area contributed by atoms with Gasteiger partial charge in [0.2, 0.25) is 5.75 Å². The van der Waals surface area contributed by atoms with Crippen LogP contribution in [-0.4, -0.2) is 21.0 Å². The summed E-state index contributed by atoms with van der Waals surface area (Å²) < 4.78 is 5.45. The van der Waals surface area contributed by atoms with E-state index >= 15 is 0 Å². The maximum Gasteiger partial charge on any atom is 0.311 e. The Balaban J connectivity index is 2.44. The van der Waals surface area contributed by atoms with Crippen LogP contribution in [-0.2, 0) is 0 Å². The lowest BCUT2D eigenvalue weighted by molar-refractivity contribution is -0.385. The monoisotopic (exact) mass is 274 g/mol. The largest absolute Gasteiger partial charge is 0.448 e. The van der Waals surface area contributed by atoms with Crippen LogP contribution >= 0.6 is 0 Å². The highest BCUT2D eigenvalue weighted by atomic mass is 16.6. The number of hydrogen-bond donors (Lipinski definition) is 2. The van der Waals surface area contributed by atoms with Crippen molar-refractivity contribution < 1.29 is 14.9 Å². The number of nitro groups is 1. The molecule has 102 valence electrons. The van der Waals surface area contributed by atoms with Crippen molar-refractivity contribution in [1.82, 2.24) is 4.98 Å². The number of ether oxygens (including phenoxy) is 1. The predicted molar refractivity (Wildman–Crippen MR) is 69.9 cm³/mol. The fourth-order valence-electron chi connectivity index (χ4n) is 1.54. The van der Waals surface area contributed by atoms with Gasteiger partial charge in [-0.3, -0.25) is 15.1 Å². The Bertz CT molecular complexity index is 672. The number of nitro benzene ring substituents is 1. The van der Waals surface area contributed by atoms with Gasteiger partial charge in [0.25, 0.3) is 0 Å². The lowest BCUT2D eigenvalue weighted by Crippen LogP contribution is -2.14. The summed E-state index contributed by atoms with van der Waals surface area (Å²) >= 11 is 0. The number of nitrogens with zero attached hydrogens (tertiary/aromatic N) is 3. The van der Waals surface area contributed by atoms with Crippen LogP contribution in [0.2, 0.25) is 0 Å². The van der Waals surface area contributed by atoms with Crippen LogP contribution in [0.3, 0.4) is 0 Å². The normalized spacial score (nSPS) is 11.1. The summed E-state index contributed by atoms with van der Waals surface area (Å²) in [5, 5.41) is 22.5. The summed E-state index contributed by atoms with van der Waals surface area (Å²) in [4.78, 5) is 14.2. The number of aromatic nitrogens is 1. The van der Waals surface area contributed by atoms with E-state index in [1.165, 1.54) is 36.7 Å². The quantitative estimate of drug-likeness (QED) is 0.288. The van der Waals surface area contributed by atoms with Crippen molar-refractivity contribution in [3.05, 3.63) is 58.4 Å². The van der Waals surface area contributed by atoms with E-state index in [2.05, 4.69) is 10.1 Å². The van der Waals surface area contributed by atoms with E-state index < -0.39 is 4.92 Å². The summed E-state index contributed by atoms with van der Waals surface area (Å²) in [5.74, 6) is 0.00979. The lowest BCUT2D eigenvalue weighted by atomic mass is 10.2. The molecule has 0 fully saturated rings. The number of hydrogen-bond acceptors (Lipinski definition) is 6. The van der Waals surface area contributed by atoms with Gasteiger partial charge >= 0.3 is 5.69 Å². The molecule has 0 spiro atoms. The third-order valence-electron chi connectivity index (χ3n) is 2.45. The average molecular weight is 274 g/mol. The average Bonchev–Trinajstić information content (AvgIpc) is 2.47. The fourth-order valence-corrected chi connectivity index (χ4v) is 1.54. The smallest absolute Gasteiger partial charge is 0.311 e. The minimum absolute atomic E-state index is 0.0393. The Labute approximate surface area is 113 Å². The zero-order valence-corrected chi connectivity index (χ0v) is 10.1. The first kappa shape index (κ1) is 13.3. The molecule has 0 aliphatic rings. The van der Waals surface area contributed by atoms with Crippen LogP contribution in [0.15, 0.2) is 47.9 Å². The SMILES string of the molecule is N/C(=N/O)c1ccncc1Oc1ccccc1[N+](=O)[O-]. The molecular weight excluding hydrogens is 264 g/mol. The van der Waals surface area contributed by atoms with E-state index in [4.69, 9.17) is 15.7 Å². The van der Waals surface area contributed by atoms with E-state index in [9.17, 15) is 10.1 Å². The Kier molecular flexibility index (Phi) is 3.75. The number of benzene rings is 1. The zero-order valence-electron chi connectivity index (χ0n) is 10.1. The molecule has 0 atom stereocenters. The molecule has 1 heterocycles. The van der Waals surface area contributed by atoms with Crippen molar-refractivity contribution in [3.8, 4) is 11.5 Å². The highest BCUT2D eigenvalue weighted by Gasteiger charge is 2.17. The Morgan fingerprint density at radius 1 is 1.35 bits per heavy atom. The molecule has 1 aromatic heterocycles. The number of oxime groups is 1. The first-order valence-corrected chi connectivity index (χ1v) is 5.46. The van der Waals surface area contributed by atoms with Crippen molar-refractivity contribution in [3.63, 3.8) is 0 Å². The van der Waals surface area contributed by atoms with Gasteiger partial charge < -0.3 is 15.7 Å². The van der Waals surface area contributed by atoms with E-state index in [-0.39, 0.29) is 28.6 Å². The van der Waals surface area contributed by atoms with E-state index in [0.29, 0.717) is 0 Å².